The number of nitrogens with zero attached hydrogens (tertiary/aromatic N) is 2. The molecule has 4 rings (SSSR count). The van der Waals surface area contributed by atoms with E-state index in [4.69, 9.17) is 0 Å². The lowest BCUT2D eigenvalue weighted by molar-refractivity contribution is -0.274. The van der Waals surface area contributed by atoms with Crippen molar-refractivity contribution in [2.75, 3.05) is 29.9 Å². The Hall–Kier alpha value is -3.92. The van der Waals surface area contributed by atoms with Crippen LogP contribution >= 0.6 is 0 Å². The summed E-state index contributed by atoms with van der Waals surface area (Å²) in [5.41, 5.74) is 1.71. The van der Waals surface area contributed by atoms with Gasteiger partial charge in [0, 0.05) is 13.1 Å². The van der Waals surface area contributed by atoms with Gasteiger partial charge in [0.1, 0.15) is 11.6 Å². The third-order valence-corrected chi connectivity index (χ3v) is 5.34. The molecule has 1 saturated heterocycles. The quantitative estimate of drug-likeness (QED) is 0.586. The van der Waals surface area contributed by atoms with Gasteiger partial charge in [-0.25, -0.2) is 4.98 Å². The fourth-order valence-corrected chi connectivity index (χ4v) is 3.77. The summed E-state index contributed by atoms with van der Waals surface area (Å²) in [7, 11) is 0. The summed E-state index contributed by atoms with van der Waals surface area (Å²) in [5.74, 6) is -1.08. The molecule has 10 heteroatoms. The van der Waals surface area contributed by atoms with Crippen molar-refractivity contribution in [2.24, 2.45) is 0 Å². The second-order valence-corrected chi connectivity index (χ2v) is 7.61. The van der Waals surface area contributed by atoms with Gasteiger partial charge in [0.2, 0.25) is 5.91 Å². The maximum absolute atomic E-state index is 13.1. The molecule has 0 atom stereocenters. The molecular weight excluding hydrogens is 449 g/mol. The lowest BCUT2D eigenvalue weighted by Crippen LogP contribution is -2.48. The van der Waals surface area contributed by atoms with Crippen molar-refractivity contribution in [3.63, 3.8) is 0 Å². The van der Waals surface area contributed by atoms with E-state index in [1.165, 1.54) is 23.2 Å². The number of benzene rings is 2. The molecule has 0 aliphatic carbocycles. The van der Waals surface area contributed by atoms with E-state index in [1.54, 1.807) is 37.3 Å². The van der Waals surface area contributed by atoms with Crippen LogP contribution in [-0.4, -0.2) is 42.8 Å². The fraction of sp³-hybridized carbons (Fsp3) is 0.208. The van der Waals surface area contributed by atoms with Crippen molar-refractivity contribution in [1.29, 1.82) is 0 Å². The van der Waals surface area contributed by atoms with Crippen molar-refractivity contribution in [2.45, 2.75) is 13.3 Å². The Morgan fingerprint density at radius 3 is 2.53 bits per heavy atom. The Morgan fingerprint density at radius 1 is 1.12 bits per heavy atom. The van der Waals surface area contributed by atoms with Crippen molar-refractivity contribution >= 4 is 23.3 Å². The first-order valence-corrected chi connectivity index (χ1v) is 10.5. The molecular formula is C24H21F3N4O3. The maximum Gasteiger partial charge on any atom is 0.573 e. The first kappa shape index (κ1) is 23.2. The molecule has 3 aromatic rings. The molecule has 0 saturated carbocycles. The number of carbonyl (C=O) groups is 2. The van der Waals surface area contributed by atoms with Crippen LogP contribution in [0.5, 0.6) is 5.75 Å². The average Bonchev–Trinajstić information content (AvgIpc) is 2.80. The smallest absolute Gasteiger partial charge is 0.405 e. The molecule has 0 bridgehead atoms. The molecule has 1 aliphatic rings. The van der Waals surface area contributed by atoms with Crippen LogP contribution in [0.15, 0.2) is 60.8 Å². The predicted molar refractivity (Wildman–Crippen MR) is 121 cm³/mol. The monoisotopic (exact) mass is 470 g/mol. The Morgan fingerprint density at radius 2 is 1.88 bits per heavy atom. The topological polar surface area (TPSA) is 83.6 Å². The van der Waals surface area contributed by atoms with Crippen LogP contribution in [-0.2, 0) is 4.79 Å². The minimum atomic E-state index is -4.96. The van der Waals surface area contributed by atoms with E-state index in [-0.39, 0.29) is 23.7 Å². The molecule has 1 fully saturated rings. The largest absolute Gasteiger partial charge is 0.573 e. The average molecular weight is 470 g/mol. The number of halogens is 3. The van der Waals surface area contributed by atoms with Gasteiger partial charge >= 0.3 is 6.36 Å². The third kappa shape index (κ3) is 5.18. The van der Waals surface area contributed by atoms with Crippen molar-refractivity contribution in [3.8, 4) is 16.9 Å². The Bertz CT molecular complexity index is 1200. The summed E-state index contributed by atoms with van der Waals surface area (Å²) in [6, 6.07) is 14.7. The molecule has 0 spiro atoms. The molecule has 34 heavy (non-hydrogen) atoms. The first-order valence-electron chi connectivity index (χ1n) is 10.5. The fourth-order valence-electron chi connectivity index (χ4n) is 3.77. The van der Waals surface area contributed by atoms with Gasteiger partial charge in [0.15, 0.2) is 0 Å². The zero-order chi connectivity index (χ0) is 24.3. The van der Waals surface area contributed by atoms with Crippen LogP contribution in [0.2, 0.25) is 0 Å². The number of alkyl halides is 3. The molecule has 2 aromatic carbocycles. The lowest BCUT2D eigenvalue weighted by atomic mass is 9.95. The second-order valence-electron chi connectivity index (χ2n) is 7.61. The minimum Gasteiger partial charge on any atom is -0.405 e. The van der Waals surface area contributed by atoms with Crippen molar-refractivity contribution in [3.05, 3.63) is 71.9 Å². The van der Waals surface area contributed by atoms with Crippen LogP contribution in [0.3, 0.4) is 0 Å². The number of hydrogen-bond acceptors (Lipinski definition) is 5. The van der Waals surface area contributed by atoms with Crippen LogP contribution in [0.4, 0.5) is 24.7 Å². The highest BCUT2D eigenvalue weighted by molar-refractivity contribution is 6.08. The number of aromatic nitrogens is 1. The zero-order valence-electron chi connectivity index (χ0n) is 18.1. The van der Waals surface area contributed by atoms with Gasteiger partial charge in [-0.2, -0.15) is 0 Å². The van der Waals surface area contributed by atoms with Gasteiger partial charge in [-0.1, -0.05) is 36.4 Å². The van der Waals surface area contributed by atoms with Crippen LogP contribution in [0, 0.1) is 6.92 Å². The Labute approximate surface area is 193 Å². The highest BCUT2D eigenvalue weighted by atomic mass is 19.4. The molecule has 0 unspecified atom stereocenters. The summed E-state index contributed by atoms with van der Waals surface area (Å²) in [4.78, 5) is 30.9. The van der Waals surface area contributed by atoms with Gasteiger partial charge in [-0.3, -0.25) is 14.5 Å². The summed E-state index contributed by atoms with van der Waals surface area (Å²) in [6.07, 6.45) is -3.61. The standard InChI is InChI=1S/C24H21F3N4O3/c1-15-18(16-5-3-2-4-6-16)8-9-19(34-24(25,26)27)22(15)23(33)30-17-7-10-20(29-13-17)31-12-11-28-14-21(31)32/h2-10,13,28H,11-12,14H2,1H3,(H,30,33). The molecule has 7 nitrogen and oxygen atoms in total. The Kier molecular flexibility index (Phi) is 6.51. The highest BCUT2D eigenvalue weighted by Crippen LogP contribution is 2.35. The first-order chi connectivity index (χ1) is 16.2. The number of nitrogens with one attached hydrogen (secondary N) is 2. The van der Waals surface area contributed by atoms with Gasteiger partial charge < -0.3 is 15.4 Å². The molecule has 2 amide bonds. The summed E-state index contributed by atoms with van der Waals surface area (Å²) < 4.78 is 43.2. The predicted octanol–water partition coefficient (Wildman–Crippen LogP) is 4.14. The number of pyridine rings is 1. The van der Waals surface area contributed by atoms with Crippen LogP contribution < -0.4 is 20.3 Å². The van der Waals surface area contributed by atoms with E-state index >= 15 is 0 Å². The highest BCUT2D eigenvalue weighted by Gasteiger charge is 2.34. The number of piperazine rings is 1. The summed E-state index contributed by atoms with van der Waals surface area (Å²) in [5, 5.41) is 5.55. The Balaban J connectivity index is 1.64. The van der Waals surface area contributed by atoms with E-state index in [0.717, 1.165) is 11.6 Å². The number of hydrogen-bond donors (Lipinski definition) is 2. The van der Waals surface area contributed by atoms with Crippen molar-refractivity contribution in [1.82, 2.24) is 10.3 Å². The number of carbonyl (C=O) groups excluding carboxylic acids is 2. The van der Waals surface area contributed by atoms with Crippen molar-refractivity contribution < 1.29 is 27.5 Å². The lowest BCUT2D eigenvalue weighted by Gasteiger charge is -2.26. The normalized spacial score (nSPS) is 14.1. The number of ether oxygens (including phenoxy) is 1. The van der Waals surface area contributed by atoms with Gasteiger partial charge in [-0.05, 0) is 41.8 Å². The minimum absolute atomic E-state index is 0.127. The van der Waals surface area contributed by atoms with Crippen LogP contribution in [0.1, 0.15) is 15.9 Å². The molecule has 2 N–H and O–H groups in total. The second kappa shape index (κ2) is 9.52. The van der Waals surface area contributed by atoms with E-state index in [0.29, 0.717) is 30.0 Å². The number of anilines is 2. The number of rotatable bonds is 5. The van der Waals surface area contributed by atoms with Gasteiger partial charge in [-0.15, -0.1) is 13.2 Å². The summed E-state index contributed by atoms with van der Waals surface area (Å²) in [6.45, 7) is 2.86. The molecule has 2 heterocycles. The summed E-state index contributed by atoms with van der Waals surface area (Å²) >= 11 is 0. The van der Waals surface area contributed by atoms with E-state index in [9.17, 15) is 22.8 Å². The number of amides is 2. The molecule has 0 radical (unpaired) electrons. The SMILES string of the molecule is Cc1c(-c2ccccc2)ccc(OC(F)(F)F)c1C(=O)Nc1ccc(N2CCNCC2=O)nc1. The zero-order valence-corrected chi connectivity index (χ0v) is 18.1. The third-order valence-electron chi connectivity index (χ3n) is 5.34. The molecule has 1 aromatic heterocycles. The van der Waals surface area contributed by atoms with Gasteiger partial charge in [0.05, 0.1) is 24.0 Å². The van der Waals surface area contributed by atoms with Gasteiger partial charge in [0.25, 0.3) is 5.91 Å². The maximum atomic E-state index is 13.1. The molecule has 176 valence electrons. The van der Waals surface area contributed by atoms with E-state index in [2.05, 4.69) is 20.4 Å². The van der Waals surface area contributed by atoms with Crippen LogP contribution in [0.25, 0.3) is 11.1 Å². The van der Waals surface area contributed by atoms with E-state index in [1.807, 2.05) is 6.07 Å². The van der Waals surface area contributed by atoms with E-state index < -0.39 is 18.0 Å². The molecule has 1 aliphatic heterocycles.